The number of methoxy groups -OCH3 is 1. The van der Waals surface area contributed by atoms with Gasteiger partial charge < -0.3 is 9.47 Å². The number of esters is 1. The summed E-state index contributed by atoms with van der Waals surface area (Å²) in [5.41, 5.74) is 0.990. The standard InChI is InChI=1S/C13H18O3/c1-15-9-5-6-10-16-13(14)11-12-7-3-2-4-8-12/h2-4,7-8H,5-6,9-11H2,1H3. The number of hydrogen-bond acceptors (Lipinski definition) is 3. The van der Waals surface area contributed by atoms with Crippen molar-refractivity contribution in [2.45, 2.75) is 19.3 Å². The molecule has 0 atom stereocenters. The number of hydrogen-bond donors (Lipinski definition) is 0. The van der Waals surface area contributed by atoms with Crippen molar-refractivity contribution >= 4 is 5.97 Å². The molecule has 0 radical (unpaired) electrons. The van der Waals surface area contributed by atoms with Crippen molar-refractivity contribution in [1.82, 2.24) is 0 Å². The maximum absolute atomic E-state index is 11.4. The zero-order valence-electron chi connectivity index (χ0n) is 9.65. The highest BCUT2D eigenvalue weighted by atomic mass is 16.5. The van der Waals surface area contributed by atoms with E-state index in [1.54, 1.807) is 7.11 Å². The van der Waals surface area contributed by atoms with E-state index >= 15 is 0 Å². The molecule has 88 valence electrons. The fourth-order valence-corrected chi connectivity index (χ4v) is 1.35. The molecule has 0 spiro atoms. The van der Waals surface area contributed by atoms with Gasteiger partial charge in [-0.1, -0.05) is 30.3 Å². The van der Waals surface area contributed by atoms with Gasteiger partial charge in [-0.15, -0.1) is 0 Å². The van der Waals surface area contributed by atoms with E-state index in [4.69, 9.17) is 9.47 Å². The summed E-state index contributed by atoms with van der Waals surface area (Å²) >= 11 is 0. The lowest BCUT2D eigenvalue weighted by atomic mass is 10.2. The van der Waals surface area contributed by atoms with Gasteiger partial charge in [0.1, 0.15) is 0 Å². The van der Waals surface area contributed by atoms with Crippen LogP contribution in [0.1, 0.15) is 18.4 Å². The molecule has 0 heterocycles. The number of benzene rings is 1. The zero-order chi connectivity index (χ0) is 11.6. The van der Waals surface area contributed by atoms with Crippen molar-refractivity contribution in [3.63, 3.8) is 0 Å². The molecule has 0 fully saturated rings. The van der Waals surface area contributed by atoms with Gasteiger partial charge in [0.15, 0.2) is 0 Å². The zero-order valence-corrected chi connectivity index (χ0v) is 9.65. The minimum Gasteiger partial charge on any atom is -0.465 e. The Hall–Kier alpha value is -1.35. The monoisotopic (exact) mass is 222 g/mol. The summed E-state index contributed by atoms with van der Waals surface area (Å²) < 4.78 is 10.0. The van der Waals surface area contributed by atoms with E-state index in [9.17, 15) is 4.79 Å². The van der Waals surface area contributed by atoms with Gasteiger partial charge in [-0.3, -0.25) is 4.79 Å². The largest absolute Gasteiger partial charge is 0.465 e. The lowest BCUT2D eigenvalue weighted by molar-refractivity contribution is -0.143. The van der Waals surface area contributed by atoms with Gasteiger partial charge in [0.25, 0.3) is 0 Å². The van der Waals surface area contributed by atoms with Crippen LogP contribution < -0.4 is 0 Å². The molecule has 0 aliphatic heterocycles. The molecule has 3 heteroatoms. The fourth-order valence-electron chi connectivity index (χ4n) is 1.35. The van der Waals surface area contributed by atoms with Crippen LogP contribution in [0.2, 0.25) is 0 Å². The summed E-state index contributed by atoms with van der Waals surface area (Å²) in [5, 5.41) is 0. The second kappa shape index (κ2) is 7.88. The van der Waals surface area contributed by atoms with Crippen LogP contribution in [0, 0.1) is 0 Å². The quantitative estimate of drug-likeness (QED) is 0.524. The lowest BCUT2D eigenvalue weighted by Gasteiger charge is -2.04. The predicted octanol–water partition coefficient (Wildman–Crippen LogP) is 2.20. The van der Waals surface area contributed by atoms with E-state index in [2.05, 4.69) is 0 Å². The molecule has 3 nitrogen and oxygen atoms in total. The van der Waals surface area contributed by atoms with Crippen LogP contribution in [0.25, 0.3) is 0 Å². The van der Waals surface area contributed by atoms with Gasteiger partial charge in [-0.05, 0) is 18.4 Å². The maximum atomic E-state index is 11.4. The molecule has 0 saturated carbocycles. The lowest BCUT2D eigenvalue weighted by Crippen LogP contribution is -2.09. The summed E-state index contributed by atoms with van der Waals surface area (Å²) in [6.45, 7) is 1.20. The Morgan fingerprint density at radius 3 is 2.50 bits per heavy atom. The van der Waals surface area contributed by atoms with E-state index in [0.29, 0.717) is 13.0 Å². The summed E-state index contributed by atoms with van der Waals surface area (Å²) in [4.78, 5) is 11.4. The third-order valence-corrected chi connectivity index (χ3v) is 2.20. The Kier molecular flexibility index (Phi) is 6.26. The van der Waals surface area contributed by atoms with Gasteiger partial charge in [-0.2, -0.15) is 0 Å². The number of unbranched alkanes of at least 4 members (excludes halogenated alkanes) is 1. The van der Waals surface area contributed by atoms with Crippen LogP contribution in [-0.2, 0) is 20.7 Å². The number of carbonyl (C=O) groups excluding carboxylic acids is 1. The molecule has 0 aliphatic rings. The second-order valence-corrected chi connectivity index (χ2v) is 3.58. The molecular formula is C13H18O3. The fraction of sp³-hybridized carbons (Fsp3) is 0.462. The third kappa shape index (κ3) is 5.51. The first-order chi connectivity index (χ1) is 7.83. The highest BCUT2D eigenvalue weighted by Crippen LogP contribution is 2.01. The molecule has 0 amide bonds. The van der Waals surface area contributed by atoms with Gasteiger partial charge in [0.05, 0.1) is 13.0 Å². The molecular weight excluding hydrogens is 204 g/mol. The summed E-state index contributed by atoms with van der Waals surface area (Å²) in [5.74, 6) is -0.163. The summed E-state index contributed by atoms with van der Waals surface area (Å²) in [6.07, 6.45) is 2.13. The highest BCUT2D eigenvalue weighted by molar-refractivity contribution is 5.72. The van der Waals surface area contributed by atoms with Gasteiger partial charge >= 0.3 is 5.97 Å². The smallest absolute Gasteiger partial charge is 0.310 e. The van der Waals surface area contributed by atoms with Crippen LogP contribution in [-0.4, -0.2) is 26.3 Å². The molecule has 0 N–H and O–H groups in total. The minimum atomic E-state index is -0.163. The molecule has 1 rings (SSSR count). The maximum Gasteiger partial charge on any atom is 0.310 e. The Bertz CT molecular complexity index is 295. The Morgan fingerprint density at radius 2 is 1.81 bits per heavy atom. The third-order valence-electron chi connectivity index (χ3n) is 2.20. The molecule has 0 unspecified atom stereocenters. The first-order valence-corrected chi connectivity index (χ1v) is 5.51. The number of carbonyl (C=O) groups is 1. The number of ether oxygens (including phenoxy) is 2. The van der Waals surface area contributed by atoms with Gasteiger partial charge in [0.2, 0.25) is 0 Å². The number of rotatable bonds is 7. The second-order valence-electron chi connectivity index (χ2n) is 3.58. The molecule has 0 bridgehead atoms. The van der Waals surface area contributed by atoms with Crippen LogP contribution >= 0.6 is 0 Å². The van der Waals surface area contributed by atoms with Crippen LogP contribution in [0.15, 0.2) is 30.3 Å². The first kappa shape index (κ1) is 12.7. The van der Waals surface area contributed by atoms with Crippen molar-refractivity contribution in [2.24, 2.45) is 0 Å². The minimum absolute atomic E-state index is 0.163. The average Bonchev–Trinajstić information content (AvgIpc) is 2.30. The molecule has 0 saturated heterocycles. The Morgan fingerprint density at radius 1 is 1.12 bits per heavy atom. The Balaban J connectivity index is 2.12. The molecule has 16 heavy (non-hydrogen) atoms. The SMILES string of the molecule is COCCCCOC(=O)Cc1ccccc1. The molecule has 1 aromatic carbocycles. The Labute approximate surface area is 96.4 Å². The topological polar surface area (TPSA) is 35.5 Å². The van der Waals surface area contributed by atoms with Crippen LogP contribution in [0.5, 0.6) is 0 Å². The van der Waals surface area contributed by atoms with Gasteiger partial charge in [-0.25, -0.2) is 0 Å². The van der Waals surface area contributed by atoms with E-state index < -0.39 is 0 Å². The van der Waals surface area contributed by atoms with E-state index in [-0.39, 0.29) is 5.97 Å². The van der Waals surface area contributed by atoms with Gasteiger partial charge in [0, 0.05) is 13.7 Å². The van der Waals surface area contributed by atoms with Crippen molar-refractivity contribution in [3.8, 4) is 0 Å². The van der Waals surface area contributed by atoms with E-state index in [0.717, 1.165) is 25.0 Å². The van der Waals surface area contributed by atoms with E-state index in [1.807, 2.05) is 30.3 Å². The van der Waals surface area contributed by atoms with Crippen molar-refractivity contribution in [1.29, 1.82) is 0 Å². The van der Waals surface area contributed by atoms with Crippen molar-refractivity contribution in [2.75, 3.05) is 20.3 Å². The van der Waals surface area contributed by atoms with Crippen molar-refractivity contribution in [3.05, 3.63) is 35.9 Å². The van der Waals surface area contributed by atoms with E-state index in [1.165, 1.54) is 0 Å². The average molecular weight is 222 g/mol. The molecule has 0 aromatic heterocycles. The normalized spacial score (nSPS) is 10.1. The summed E-state index contributed by atoms with van der Waals surface area (Å²) in [6, 6.07) is 9.61. The summed E-state index contributed by atoms with van der Waals surface area (Å²) in [7, 11) is 1.67. The predicted molar refractivity (Wildman–Crippen MR) is 62.2 cm³/mol. The molecule has 0 aliphatic carbocycles. The van der Waals surface area contributed by atoms with Crippen LogP contribution in [0.3, 0.4) is 0 Å². The van der Waals surface area contributed by atoms with Crippen LogP contribution in [0.4, 0.5) is 0 Å². The molecule has 1 aromatic rings. The first-order valence-electron chi connectivity index (χ1n) is 5.51. The van der Waals surface area contributed by atoms with Crippen molar-refractivity contribution < 1.29 is 14.3 Å². The highest BCUT2D eigenvalue weighted by Gasteiger charge is 2.03.